The Morgan fingerprint density at radius 3 is 2.63 bits per heavy atom. The average Bonchev–Trinajstić information content (AvgIpc) is 2.40. The molecule has 2 atom stereocenters. The topological polar surface area (TPSA) is 21.6 Å². The summed E-state index contributed by atoms with van der Waals surface area (Å²) in [6, 6.07) is 0. The smallest absolute Gasteiger partial charge is 0.246 e. The summed E-state index contributed by atoms with van der Waals surface area (Å²) in [4.78, 5) is 5.10. The third-order valence-corrected chi connectivity index (χ3v) is 5.67. The molecule has 0 bridgehead atoms. The molecule has 0 amide bonds. The summed E-state index contributed by atoms with van der Waals surface area (Å²) in [5.41, 5.74) is 0.263. The van der Waals surface area contributed by atoms with Gasteiger partial charge in [-0.2, -0.15) is 0 Å². The van der Waals surface area contributed by atoms with Gasteiger partial charge in [0.25, 0.3) is 0 Å². The van der Waals surface area contributed by atoms with Crippen molar-refractivity contribution in [3.8, 4) is 0 Å². The molecular formula is C15H26INOS. The van der Waals surface area contributed by atoms with E-state index in [-0.39, 0.29) is 29.5 Å². The molecular weight excluding hydrogens is 369 g/mol. The first-order valence-electron chi connectivity index (χ1n) is 7.73. The van der Waals surface area contributed by atoms with Crippen LogP contribution in [0, 0.1) is 5.92 Å². The SMILES string of the molecule is CCSC1=NC2(CCCCC2)C2CCCCC2O1.I. The molecule has 0 aromatic heterocycles. The Labute approximate surface area is 138 Å². The molecule has 0 N–H and O–H groups in total. The Morgan fingerprint density at radius 2 is 1.89 bits per heavy atom. The highest BCUT2D eigenvalue weighted by molar-refractivity contribution is 14.0. The maximum atomic E-state index is 6.17. The number of halogens is 1. The van der Waals surface area contributed by atoms with Crippen LogP contribution in [0.4, 0.5) is 0 Å². The summed E-state index contributed by atoms with van der Waals surface area (Å²) >= 11 is 1.80. The molecule has 2 nitrogen and oxygen atoms in total. The van der Waals surface area contributed by atoms with Crippen LogP contribution in [0.2, 0.25) is 0 Å². The van der Waals surface area contributed by atoms with Crippen LogP contribution in [-0.4, -0.2) is 22.6 Å². The van der Waals surface area contributed by atoms with E-state index in [0.717, 1.165) is 11.0 Å². The third-order valence-electron chi connectivity index (χ3n) is 4.95. The second kappa shape index (κ2) is 7.01. The quantitative estimate of drug-likeness (QED) is 0.583. The van der Waals surface area contributed by atoms with E-state index in [1.165, 1.54) is 57.8 Å². The number of hydrogen-bond donors (Lipinski definition) is 0. The van der Waals surface area contributed by atoms with Gasteiger partial charge in [-0.25, -0.2) is 4.99 Å². The summed E-state index contributed by atoms with van der Waals surface area (Å²) < 4.78 is 6.17. The van der Waals surface area contributed by atoms with Gasteiger partial charge in [0.05, 0.1) is 5.54 Å². The van der Waals surface area contributed by atoms with Gasteiger partial charge in [0.15, 0.2) is 0 Å². The van der Waals surface area contributed by atoms with Crippen molar-refractivity contribution in [1.29, 1.82) is 0 Å². The minimum atomic E-state index is 0. The van der Waals surface area contributed by atoms with E-state index >= 15 is 0 Å². The highest BCUT2D eigenvalue weighted by Crippen LogP contribution is 2.48. The first-order chi connectivity index (χ1) is 8.84. The molecule has 2 aliphatic carbocycles. The van der Waals surface area contributed by atoms with Crippen LogP contribution in [-0.2, 0) is 4.74 Å². The average molecular weight is 395 g/mol. The van der Waals surface area contributed by atoms with Crippen molar-refractivity contribution < 1.29 is 4.74 Å². The first-order valence-corrected chi connectivity index (χ1v) is 8.72. The van der Waals surface area contributed by atoms with Crippen molar-refractivity contribution in [1.82, 2.24) is 0 Å². The second-order valence-electron chi connectivity index (χ2n) is 6.02. The van der Waals surface area contributed by atoms with Crippen LogP contribution >= 0.6 is 35.7 Å². The largest absolute Gasteiger partial charge is 0.469 e. The molecule has 110 valence electrons. The molecule has 3 aliphatic rings. The van der Waals surface area contributed by atoms with Crippen molar-refractivity contribution in [2.75, 3.05) is 5.75 Å². The molecule has 1 heterocycles. The van der Waals surface area contributed by atoms with Crippen LogP contribution in [0.15, 0.2) is 4.99 Å². The lowest BCUT2D eigenvalue weighted by molar-refractivity contribution is 0.00300. The van der Waals surface area contributed by atoms with Crippen molar-refractivity contribution in [3.63, 3.8) is 0 Å². The van der Waals surface area contributed by atoms with E-state index < -0.39 is 0 Å². The summed E-state index contributed by atoms with van der Waals surface area (Å²) in [5, 5.41) is 1.00. The Kier molecular flexibility index (Phi) is 5.88. The second-order valence-corrected chi connectivity index (χ2v) is 7.24. The molecule has 1 aliphatic heterocycles. The van der Waals surface area contributed by atoms with Gasteiger partial charge in [0, 0.05) is 5.92 Å². The summed E-state index contributed by atoms with van der Waals surface area (Å²) in [7, 11) is 0. The first kappa shape index (κ1) is 15.9. The van der Waals surface area contributed by atoms with E-state index in [0.29, 0.717) is 12.0 Å². The number of hydrogen-bond acceptors (Lipinski definition) is 3. The third kappa shape index (κ3) is 3.25. The lowest BCUT2D eigenvalue weighted by atomic mass is 9.66. The summed E-state index contributed by atoms with van der Waals surface area (Å²) in [5.74, 6) is 1.79. The maximum absolute atomic E-state index is 6.17. The van der Waals surface area contributed by atoms with Gasteiger partial charge in [-0.1, -0.05) is 44.4 Å². The fraction of sp³-hybridized carbons (Fsp3) is 0.933. The van der Waals surface area contributed by atoms with Crippen molar-refractivity contribution in [2.45, 2.75) is 76.4 Å². The predicted octanol–water partition coefficient (Wildman–Crippen LogP) is 5.01. The number of aliphatic imine (C=N–C) groups is 1. The lowest BCUT2D eigenvalue weighted by Gasteiger charge is -2.49. The fourth-order valence-electron chi connectivity index (χ4n) is 4.11. The van der Waals surface area contributed by atoms with Crippen LogP contribution in [0.25, 0.3) is 0 Å². The van der Waals surface area contributed by atoms with Gasteiger partial charge in [-0.15, -0.1) is 24.0 Å². The fourth-order valence-corrected chi connectivity index (χ4v) is 4.79. The normalized spacial score (nSPS) is 32.8. The Bertz CT molecular complexity index is 328. The molecule has 2 saturated carbocycles. The zero-order valence-corrected chi connectivity index (χ0v) is 15.0. The zero-order valence-electron chi connectivity index (χ0n) is 11.9. The highest BCUT2D eigenvalue weighted by atomic mass is 127. The van der Waals surface area contributed by atoms with Gasteiger partial charge in [-0.3, -0.25) is 0 Å². The molecule has 0 aromatic carbocycles. The zero-order chi connectivity index (χ0) is 12.4. The van der Waals surface area contributed by atoms with Gasteiger partial charge in [0.1, 0.15) is 6.10 Å². The van der Waals surface area contributed by atoms with Gasteiger partial charge < -0.3 is 4.74 Å². The van der Waals surface area contributed by atoms with E-state index in [1.807, 2.05) is 0 Å². The molecule has 3 rings (SSSR count). The van der Waals surface area contributed by atoms with Crippen LogP contribution in [0.3, 0.4) is 0 Å². The van der Waals surface area contributed by atoms with Crippen molar-refractivity contribution >= 4 is 41.0 Å². The molecule has 0 saturated heterocycles. The summed E-state index contributed by atoms with van der Waals surface area (Å²) in [6.07, 6.45) is 12.6. The lowest BCUT2D eigenvalue weighted by Crippen LogP contribution is -2.51. The van der Waals surface area contributed by atoms with E-state index in [4.69, 9.17) is 9.73 Å². The maximum Gasteiger partial charge on any atom is 0.246 e. The van der Waals surface area contributed by atoms with Crippen LogP contribution in [0.1, 0.15) is 64.7 Å². The predicted molar refractivity (Wildman–Crippen MR) is 93.6 cm³/mol. The monoisotopic (exact) mass is 395 g/mol. The minimum Gasteiger partial charge on any atom is -0.469 e. The van der Waals surface area contributed by atoms with E-state index in [9.17, 15) is 0 Å². The Hall–Kier alpha value is 0.550. The molecule has 0 aromatic rings. The van der Waals surface area contributed by atoms with Crippen LogP contribution < -0.4 is 0 Å². The van der Waals surface area contributed by atoms with E-state index in [1.54, 1.807) is 11.8 Å². The highest BCUT2D eigenvalue weighted by Gasteiger charge is 2.48. The van der Waals surface area contributed by atoms with Gasteiger partial charge >= 0.3 is 0 Å². The standard InChI is InChI=1S/C15H25NOS.HI/c1-2-18-14-16-15(10-6-3-7-11-15)12-8-4-5-9-13(12)17-14;/h12-13H,2-11H2,1H3;1H. The van der Waals surface area contributed by atoms with Gasteiger partial charge in [0.2, 0.25) is 5.23 Å². The summed E-state index contributed by atoms with van der Waals surface area (Å²) in [6.45, 7) is 2.19. The van der Waals surface area contributed by atoms with Crippen molar-refractivity contribution in [3.05, 3.63) is 0 Å². The number of thioether (sulfide) groups is 1. The number of rotatable bonds is 1. The minimum absolute atomic E-state index is 0. The number of ether oxygens (including phenoxy) is 1. The number of nitrogens with zero attached hydrogens (tertiary/aromatic N) is 1. The molecule has 2 unspecified atom stereocenters. The molecule has 2 fully saturated rings. The van der Waals surface area contributed by atoms with Gasteiger partial charge in [-0.05, 0) is 37.9 Å². The molecule has 19 heavy (non-hydrogen) atoms. The molecule has 1 spiro atoms. The molecule has 0 radical (unpaired) electrons. The number of fused-ring (bicyclic) bond motifs is 2. The van der Waals surface area contributed by atoms with E-state index in [2.05, 4.69) is 6.92 Å². The van der Waals surface area contributed by atoms with Crippen LogP contribution in [0.5, 0.6) is 0 Å². The van der Waals surface area contributed by atoms with Crippen molar-refractivity contribution in [2.24, 2.45) is 10.9 Å². The Balaban J connectivity index is 0.00000133. The molecule has 4 heteroatoms. The Morgan fingerprint density at radius 1 is 1.16 bits per heavy atom.